The van der Waals surface area contributed by atoms with Crippen LogP contribution in [0.5, 0.6) is 0 Å². The maximum Gasteiger partial charge on any atom is 0.143 e. The molecule has 1 fully saturated rings. The molecule has 4 heteroatoms. The molecule has 16 heavy (non-hydrogen) atoms. The first kappa shape index (κ1) is 11.7. The Kier molecular flexibility index (Phi) is 3.69. The Labute approximate surface area is 105 Å². The molecule has 1 aliphatic rings. The van der Waals surface area contributed by atoms with Crippen molar-refractivity contribution in [3.05, 3.63) is 16.7 Å². The second-order valence-electron chi connectivity index (χ2n) is 4.60. The van der Waals surface area contributed by atoms with Crippen LogP contribution in [0.3, 0.4) is 0 Å². The highest BCUT2D eigenvalue weighted by molar-refractivity contribution is 9.10. The van der Waals surface area contributed by atoms with E-state index in [0.29, 0.717) is 5.69 Å². The number of aromatic nitrogens is 1. The van der Waals surface area contributed by atoms with Gasteiger partial charge in [0.25, 0.3) is 0 Å². The third-order valence-corrected chi connectivity index (χ3v) is 3.74. The van der Waals surface area contributed by atoms with Gasteiger partial charge in [0, 0.05) is 13.1 Å². The van der Waals surface area contributed by atoms with Crippen LogP contribution in [0.1, 0.15) is 26.2 Å². The molecule has 1 saturated heterocycles. The SMILES string of the molecule is CC1CCCN(c2ncc(N)cc2Br)CC1. The largest absolute Gasteiger partial charge is 0.397 e. The minimum atomic E-state index is 0.707. The van der Waals surface area contributed by atoms with Gasteiger partial charge >= 0.3 is 0 Å². The van der Waals surface area contributed by atoms with Gasteiger partial charge in [0.2, 0.25) is 0 Å². The van der Waals surface area contributed by atoms with Crippen LogP contribution in [0.2, 0.25) is 0 Å². The Morgan fingerprint density at radius 1 is 1.44 bits per heavy atom. The van der Waals surface area contributed by atoms with Gasteiger partial charge in [-0.1, -0.05) is 6.92 Å². The molecule has 2 heterocycles. The van der Waals surface area contributed by atoms with Gasteiger partial charge in [0.05, 0.1) is 16.4 Å². The number of halogens is 1. The van der Waals surface area contributed by atoms with Crippen molar-refractivity contribution in [2.75, 3.05) is 23.7 Å². The van der Waals surface area contributed by atoms with Gasteiger partial charge in [0.15, 0.2) is 0 Å². The lowest BCUT2D eigenvalue weighted by Crippen LogP contribution is -2.25. The number of hydrogen-bond donors (Lipinski definition) is 1. The van der Waals surface area contributed by atoms with Crippen LogP contribution in [0.4, 0.5) is 11.5 Å². The average Bonchev–Trinajstić information content (AvgIpc) is 2.43. The number of pyridine rings is 1. The lowest BCUT2D eigenvalue weighted by Gasteiger charge is -2.22. The summed E-state index contributed by atoms with van der Waals surface area (Å²) in [5, 5.41) is 0. The lowest BCUT2D eigenvalue weighted by molar-refractivity contribution is 0.521. The number of anilines is 2. The summed E-state index contributed by atoms with van der Waals surface area (Å²) in [7, 11) is 0. The highest BCUT2D eigenvalue weighted by Gasteiger charge is 2.16. The zero-order chi connectivity index (χ0) is 11.5. The van der Waals surface area contributed by atoms with Crippen LogP contribution in [0, 0.1) is 5.92 Å². The normalized spacial score (nSPS) is 21.9. The molecule has 0 aromatic carbocycles. The smallest absolute Gasteiger partial charge is 0.143 e. The molecule has 0 amide bonds. The van der Waals surface area contributed by atoms with E-state index in [1.54, 1.807) is 6.20 Å². The average molecular weight is 284 g/mol. The van der Waals surface area contributed by atoms with Gasteiger partial charge in [-0.25, -0.2) is 4.98 Å². The van der Waals surface area contributed by atoms with E-state index in [0.717, 1.165) is 29.3 Å². The molecular weight excluding hydrogens is 266 g/mol. The van der Waals surface area contributed by atoms with Crippen molar-refractivity contribution in [3.8, 4) is 0 Å². The molecule has 2 rings (SSSR count). The van der Waals surface area contributed by atoms with E-state index in [-0.39, 0.29) is 0 Å². The van der Waals surface area contributed by atoms with Crippen molar-refractivity contribution in [1.82, 2.24) is 4.98 Å². The Morgan fingerprint density at radius 2 is 2.25 bits per heavy atom. The monoisotopic (exact) mass is 283 g/mol. The molecule has 1 aromatic rings. The summed E-state index contributed by atoms with van der Waals surface area (Å²) in [6.45, 7) is 4.52. The standard InChI is InChI=1S/C12H18BrN3/c1-9-3-2-5-16(6-4-9)12-11(13)7-10(14)8-15-12/h7-9H,2-6,14H2,1H3. The number of nitrogens with zero attached hydrogens (tertiary/aromatic N) is 2. The summed E-state index contributed by atoms with van der Waals surface area (Å²) in [6.07, 6.45) is 5.55. The molecular formula is C12H18BrN3. The molecule has 0 saturated carbocycles. The number of hydrogen-bond acceptors (Lipinski definition) is 3. The predicted molar refractivity (Wildman–Crippen MR) is 71.6 cm³/mol. The maximum atomic E-state index is 5.70. The Morgan fingerprint density at radius 3 is 3.00 bits per heavy atom. The van der Waals surface area contributed by atoms with E-state index < -0.39 is 0 Å². The number of nitrogen functional groups attached to an aromatic ring is 1. The van der Waals surface area contributed by atoms with Crippen LogP contribution in [0.25, 0.3) is 0 Å². The molecule has 1 atom stereocenters. The molecule has 1 aliphatic heterocycles. The van der Waals surface area contributed by atoms with E-state index in [4.69, 9.17) is 5.73 Å². The van der Waals surface area contributed by atoms with Crippen LogP contribution in [-0.2, 0) is 0 Å². The van der Waals surface area contributed by atoms with E-state index in [9.17, 15) is 0 Å². The molecule has 3 nitrogen and oxygen atoms in total. The quantitative estimate of drug-likeness (QED) is 0.861. The number of rotatable bonds is 1. The third kappa shape index (κ3) is 2.67. The van der Waals surface area contributed by atoms with Gasteiger partial charge in [0.1, 0.15) is 5.82 Å². The molecule has 1 aromatic heterocycles. The minimum Gasteiger partial charge on any atom is -0.397 e. The Hall–Kier alpha value is -0.770. The first-order valence-electron chi connectivity index (χ1n) is 5.83. The molecule has 0 spiro atoms. The zero-order valence-corrected chi connectivity index (χ0v) is 11.2. The van der Waals surface area contributed by atoms with Crippen LogP contribution < -0.4 is 10.6 Å². The zero-order valence-electron chi connectivity index (χ0n) is 9.62. The lowest BCUT2D eigenvalue weighted by atomic mass is 10.0. The first-order chi connectivity index (χ1) is 7.66. The Balaban J connectivity index is 2.16. The van der Waals surface area contributed by atoms with Crippen LogP contribution in [0.15, 0.2) is 16.7 Å². The topological polar surface area (TPSA) is 42.2 Å². The fourth-order valence-electron chi connectivity index (χ4n) is 2.15. The van der Waals surface area contributed by atoms with Gasteiger partial charge in [-0.05, 0) is 47.2 Å². The minimum absolute atomic E-state index is 0.707. The summed E-state index contributed by atoms with van der Waals surface area (Å²) in [5.74, 6) is 1.86. The number of nitrogens with two attached hydrogens (primary N) is 1. The second kappa shape index (κ2) is 5.04. The van der Waals surface area contributed by atoms with Gasteiger partial charge in [-0.15, -0.1) is 0 Å². The summed E-state index contributed by atoms with van der Waals surface area (Å²) < 4.78 is 1.00. The van der Waals surface area contributed by atoms with Crippen molar-refractivity contribution in [1.29, 1.82) is 0 Å². The van der Waals surface area contributed by atoms with E-state index in [2.05, 4.69) is 32.7 Å². The van der Waals surface area contributed by atoms with Crippen molar-refractivity contribution >= 4 is 27.4 Å². The maximum absolute atomic E-state index is 5.70. The third-order valence-electron chi connectivity index (χ3n) is 3.16. The second-order valence-corrected chi connectivity index (χ2v) is 5.45. The van der Waals surface area contributed by atoms with Crippen LogP contribution in [-0.4, -0.2) is 18.1 Å². The highest BCUT2D eigenvalue weighted by atomic mass is 79.9. The van der Waals surface area contributed by atoms with Gasteiger partial charge < -0.3 is 10.6 Å². The highest BCUT2D eigenvalue weighted by Crippen LogP contribution is 2.28. The molecule has 0 radical (unpaired) electrons. The summed E-state index contributed by atoms with van der Waals surface area (Å²) >= 11 is 3.54. The molecule has 88 valence electrons. The fraction of sp³-hybridized carbons (Fsp3) is 0.583. The molecule has 0 bridgehead atoms. The van der Waals surface area contributed by atoms with Crippen molar-refractivity contribution in [2.24, 2.45) is 5.92 Å². The molecule has 0 aliphatic carbocycles. The van der Waals surface area contributed by atoms with Crippen LogP contribution >= 0.6 is 15.9 Å². The van der Waals surface area contributed by atoms with Gasteiger partial charge in [-0.2, -0.15) is 0 Å². The van der Waals surface area contributed by atoms with Crippen molar-refractivity contribution < 1.29 is 0 Å². The molecule has 2 N–H and O–H groups in total. The van der Waals surface area contributed by atoms with E-state index in [1.165, 1.54) is 19.3 Å². The van der Waals surface area contributed by atoms with Crippen molar-refractivity contribution in [2.45, 2.75) is 26.2 Å². The summed E-state index contributed by atoms with van der Waals surface area (Å²) in [6, 6.07) is 1.93. The van der Waals surface area contributed by atoms with Gasteiger partial charge in [-0.3, -0.25) is 0 Å². The Bertz CT molecular complexity index is 367. The van der Waals surface area contributed by atoms with E-state index >= 15 is 0 Å². The van der Waals surface area contributed by atoms with E-state index in [1.807, 2.05) is 6.07 Å². The summed E-state index contributed by atoms with van der Waals surface area (Å²) in [4.78, 5) is 6.78. The predicted octanol–water partition coefficient (Wildman–Crippen LogP) is 3.05. The van der Waals surface area contributed by atoms with Crippen molar-refractivity contribution in [3.63, 3.8) is 0 Å². The molecule has 1 unspecified atom stereocenters. The first-order valence-corrected chi connectivity index (χ1v) is 6.62. The fourth-order valence-corrected chi connectivity index (χ4v) is 2.77. The summed E-state index contributed by atoms with van der Waals surface area (Å²) in [5.41, 5.74) is 6.41.